The molecule has 6 aromatic heterocycles. The summed E-state index contributed by atoms with van der Waals surface area (Å²) in [5.74, 6) is 0. The Bertz CT molecular complexity index is 4920. The van der Waals surface area contributed by atoms with Gasteiger partial charge in [-0.25, -0.2) is 0 Å². The molecule has 16 rings (SSSR count). The van der Waals surface area contributed by atoms with Crippen molar-refractivity contribution in [3.05, 3.63) is 315 Å². The highest BCUT2D eigenvalue weighted by molar-refractivity contribution is 6.14. The molecule has 10 aromatic carbocycles. The molecule has 0 aliphatic heterocycles. The Hall–Kier alpha value is -12.3. The Morgan fingerprint density at radius 3 is 0.848 bits per heavy atom. The molecule has 6 heterocycles. The van der Waals surface area contributed by atoms with Gasteiger partial charge in [0, 0.05) is 96.4 Å². The topological polar surface area (TPSA) is 85.2 Å². The maximum atomic E-state index is 15.3. The van der Waals surface area contributed by atoms with E-state index in [1.54, 1.807) is 18.2 Å². The number of nitriles is 1. The quantitative estimate of drug-likeness (QED) is 0.129. The highest BCUT2D eigenvalue weighted by Crippen LogP contribution is 2.46. The van der Waals surface area contributed by atoms with Gasteiger partial charge in [-0.1, -0.05) is 182 Å². The second-order valence-electron chi connectivity index (χ2n) is 22.9. The van der Waals surface area contributed by atoms with Crippen molar-refractivity contribution in [3.8, 4) is 118 Å². The lowest BCUT2D eigenvalue weighted by Crippen LogP contribution is -2.07. The molecule has 0 fully saturated rings. The van der Waals surface area contributed by atoms with Crippen molar-refractivity contribution in [1.82, 2.24) is 29.1 Å². The monoisotopic (exact) mass is 1190 g/mol. The van der Waals surface area contributed by atoms with Gasteiger partial charge in [-0.2, -0.15) is 18.4 Å². The highest BCUT2D eigenvalue weighted by Gasteiger charge is 2.32. The van der Waals surface area contributed by atoms with Crippen LogP contribution in [0, 0.1) is 11.3 Å². The molecule has 92 heavy (non-hydrogen) atoms. The van der Waals surface area contributed by atoms with E-state index >= 15 is 13.2 Å². The first kappa shape index (κ1) is 55.0. The van der Waals surface area contributed by atoms with Gasteiger partial charge in [0.15, 0.2) is 0 Å². The van der Waals surface area contributed by atoms with Crippen molar-refractivity contribution < 1.29 is 13.2 Å². The summed E-state index contributed by atoms with van der Waals surface area (Å²) in [7, 11) is 0. The van der Waals surface area contributed by atoms with E-state index in [1.165, 1.54) is 12.1 Å². The summed E-state index contributed by atoms with van der Waals surface area (Å²) in [5.41, 5.74) is 19.1. The van der Waals surface area contributed by atoms with Gasteiger partial charge < -0.3 is 9.13 Å². The number of hydrogen-bond donors (Lipinski definition) is 0. The zero-order valence-electron chi connectivity index (χ0n) is 49.1. The Morgan fingerprint density at radius 1 is 0.283 bits per heavy atom. The van der Waals surface area contributed by atoms with E-state index in [2.05, 4.69) is 112 Å². The summed E-state index contributed by atoms with van der Waals surface area (Å²) in [6.45, 7) is 0. The van der Waals surface area contributed by atoms with Gasteiger partial charge in [0.05, 0.1) is 73.4 Å². The van der Waals surface area contributed by atoms with Crippen LogP contribution in [0.3, 0.4) is 0 Å². The molecule has 0 atom stereocenters. The molecule has 16 aromatic rings. The number of pyridine rings is 4. The number of fused-ring (bicyclic) bond motifs is 6. The number of halogens is 3. The molecule has 7 nitrogen and oxygen atoms in total. The maximum Gasteiger partial charge on any atom is 0.416 e. The summed E-state index contributed by atoms with van der Waals surface area (Å²) >= 11 is 0. The first-order valence-corrected chi connectivity index (χ1v) is 30.2. The molecule has 0 radical (unpaired) electrons. The standard InChI is InChI=1S/C82H50F3N7/c83-82(84,85)66-23-13-22-61(42-66)81-79(91-75-36-28-57(62-24-32-71(87-48-62)53-14-5-1-6-15-53)43-67(75)68-44-58(29-37-76(68)91)63-25-33-72(88-49-63)54-16-7-2-8-17-54)40-52(47-86)41-80(81)92-77-38-30-59(64-26-34-73(89-50-64)55-18-9-3-10-19-55)45-69(77)70-46-60(31-39-78(70)92)65-27-35-74(90-51-65)56-20-11-4-12-21-56/h1-46,48-51H. The van der Waals surface area contributed by atoms with E-state index in [0.717, 1.165) is 139 Å². The fraction of sp³-hybridized carbons (Fsp3) is 0.0122. The molecular formula is C82H50F3N7. The molecule has 434 valence electrons. The van der Waals surface area contributed by atoms with Gasteiger partial charge in [-0.05, 0) is 125 Å². The number of nitrogens with zero attached hydrogens (tertiary/aromatic N) is 7. The zero-order chi connectivity index (χ0) is 61.9. The third-order valence-electron chi connectivity index (χ3n) is 17.4. The fourth-order valence-electron chi connectivity index (χ4n) is 12.8. The average molecular weight is 1190 g/mol. The summed E-state index contributed by atoms with van der Waals surface area (Å²) < 4.78 is 50.0. The molecule has 0 aliphatic rings. The molecule has 0 unspecified atom stereocenters. The molecule has 0 saturated carbocycles. The normalized spacial score (nSPS) is 11.6. The summed E-state index contributed by atoms with van der Waals surface area (Å²) in [4.78, 5) is 19.6. The maximum absolute atomic E-state index is 15.3. The number of benzene rings is 10. The molecule has 0 saturated heterocycles. The van der Waals surface area contributed by atoms with Gasteiger partial charge in [0.25, 0.3) is 0 Å². The third-order valence-corrected chi connectivity index (χ3v) is 17.4. The number of rotatable bonds is 11. The van der Waals surface area contributed by atoms with Crippen LogP contribution in [-0.2, 0) is 6.18 Å². The van der Waals surface area contributed by atoms with E-state index in [1.807, 2.05) is 170 Å². The van der Waals surface area contributed by atoms with E-state index in [0.29, 0.717) is 28.1 Å². The van der Waals surface area contributed by atoms with Crippen molar-refractivity contribution in [2.45, 2.75) is 6.18 Å². The average Bonchev–Trinajstić information content (AvgIpc) is 1.55. The predicted molar refractivity (Wildman–Crippen MR) is 365 cm³/mol. The minimum Gasteiger partial charge on any atom is -0.308 e. The van der Waals surface area contributed by atoms with Gasteiger partial charge in [-0.3, -0.25) is 19.9 Å². The van der Waals surface area contributed by atoms with Crippen LogP contribution in [0.4, 0.5) is 13.2 Å². The van der Waals surface area contributed by atoms with E-state index < -0.39 is 11.7 Å². The Kier molecular flexibility index (Phi) is 13.6. The summed E-state index contributed by atoms with van der Waals surface area (Å²) in [6, 6.07) is 93.3. The van der Waals surface area contributed by atoms with Gasteiger partial charge in [-0.15, -0.1) is 0 Å². The van der Waals surface area contributed by atoms with Crippen LogP contribution in [-0.4, -0.2) is 29.1 Å². The lowest BCUT2D eigenvalue weighted by atomic mass is 9.96. The predicted octanol–water partition coefficient (Wildman–Crippen LogP) is 21.4. The first-order valence-electron chi connectivity index (χ1n) is 30.2. The number of alkyl halides is 3. The summed E-state index contributed by atoms with van der Waals surface area (Å²) in [6.07, 6.45) is 2.87. The minimum absolute atomic E-state index is 0.306. The number of hydrogen-bond acceptors (Lipinski definition) is 5. The van der Waals surface area contributed by atoms with E-state index in [-0.39, 0.29) is 0 Å². The van der Waals surface area contributed by atoms with Crippen molar-refractivity contribution in [1.29, 1.82) is 5.26 Å². The highest BCUT2D eigenvalue weighted by atomic mass is 19.4. The molecule has 0 aliphatic carbocycles. The Labute approximate surface area is 527 Å². The van der Waals surface area contributed by atoms with Crippen molar-refractivity contribution >= 4 is 43.6 Å². The molecular weight excluding hydrogens is 1140 g/mol. The van der Waals surface area contributed by atoms with E-state index in [9.17, 15) is 5.26 Å². The summed E-state index contributed by atoms with van der Waals surface area (Å²) in [5, 5.41) is 14.9. The van der Waals surface area contributed by atoms with Gasteiger partial charge in [0.1, 0.15) is 0 Å². The number of aromatic nitrogens is 6. The van der Waals surface area contributed by atoms with Crippen LogP contribution in [0.1, 0.15) is 11.1 Å². The zero-order valence-corrected chi connectivity index (χ0v) is 49.1. The van der Waals surface area contributed by atoms with Crippen LogP contribution in [0.15, 0.2) is 304 Å². The van der Waals surface area contributed by atoms with Crippen LogP contribution in [0.5, 0.6) is 0 Å². The molecule has 0 bridgehead atoms. The minimum atomic E-state index is -4.67. The van der Waals surface area contributed by atoms with Gasteiger partial charge >= 0.3 is 6.18 Å². The van der Waals surface area contributed by atoms with Crippen molar-refractivity contribution in [2.75, 3.05) is 0 Å². The SMILES string of the molecule is N#Cc1cc(-n2c3ccc(-c4ccc(-c5ccccc5)nc4)cc3c3cc(-c4ccc(-c5ccccc5)nc4)ccc32)c(-c2cccc(C(F)(F)F)c2)c(-n2c3ccc(-c4ccc(-c5ccccc5)nc4)cc3c3cc(-c4ccc(-c5ccccc5)nc4)ccc32)c1. The van der Waals surface area contributed by atoms with Crippen LogP contribution < -0.4 is 0 Å². The molecule has 10 heteroatoms. The second-order valence-corrected chi connectivity index (χ2v) is 22.9. The van der Waals surface area contributed by atoms with Crippen molar-refractivity contribution in [3.63, 3.8) is 0 Å². The Morgan fingerprint density at radius 2 is 0.576 bits per heavy atom. The smallest absolute Gasteiger partial charge is 0.308 e. The van der Waals surface area contributed by atoms with Crippen LogP contribution in [0.2, 0.25) is 0 Å². The molecule has 0 N–H and O–H groups in total. The third kappa shape index (κ3) is 10.0. The Balaban J connectivity index is 0.940. The second kappa shape index (κ2) is 22.7. The van der Waals surface area contributed by atoms with Crippen molar-refractivity contribution in [2.24, 2.45) is 0 Å². The van der Waals surface area contributed by atoms with Crippen LogP contribution in [0.25, 0.3) is 156 Å². The van der Waals surface area contributed by atoms with Crippen LogP contribution >= 0.6 is 0 Å². The lowest BCUT2D eigenvalue weighted by molar-refractivity contribution is -0.137. The largest absolute Gasteiger partial charge is 0.416 e. The van der Waals surface area contributed by atoms with Gasteiger partial charge in [0.2, 0.25) is 0 Å². The molecule has 0 spiro atoms. The lowest BCUT2D eigenvalue weighted by Gasteiger charge is -2.21. The van der Waals surface area contributed by atoms with E-state index in [4.69, 9.17) is 19.9 Å². The first-order chi connectivity index (χ1) is 45.2. The fourth-order valence-corrected chi connectivity index (χ4v) is 12.8. The molecule has 0 amide bonds.